The molecule has 1 aliphatic heterocycles. The third kappa shape index (κ3) is 3.73. The van der Waals surface area contributed by atoms with E-state index in [-0.39, 0.29) is 6.61 Å². The number of hydrogen-bond acceptors (Lipinski definition) is 6. The molecular weight excluding hydrogens is 304 g/mol. The highest BCUT2D eigenvalue weighted by molar-refractivity contribution is 5.45. The van der Waals surface area contributed by atoms with Crippen molar-refractivity contribution in [2.24, 2.45) is 7.05 Å². The van der Waals surface area contributed by atoms with Crippen LogP contribution in [0.3, 0.4) is 0 Å². The second kappa shape index (κ2) is 7.72. The van der Waals surface area contributed by atoms with Gasteiger partial charge in [0.05, 0.1) is 13.2 Å². The predicted molar refractivity (Wildman–Crippen MR) is 92.8 cm³/mol. The molecule has 3 rings (SSSR count). The van der Waals surface area contributed by atoms with Crippen molar-refractivity contribution in [1.29, 1.82) is 0 Å². The molecule has 24 heavy (non-hydrogen) atoms. The molecule has 1 saturated heterocycles. The third-order valence-corrected chi connectivity index (χ3v) is 4.78. The molecule has 1 fully saturated rings. The van der Waals surface area contributed by atoms with Crippen molar-refractivity contribution in [1.82, 2.24) is 24.6 Å². The first kappa shape index (κ1) is 16.9. The van der Waals surface area contributed by atoms with Gasteiger partial charge in [0.2, 0.25) is 0 Å². The summed E-state index contributed by atoms with van der Waals surface area (Å²) in [6.45, 7) is 3.57. The van der Waals surface area contributed by atoms with Crippen LogP contribution in [0.2, 0.25) is 0 Å². The van der Waals surface area contributed by atoms with Crippen molar-refractivity contribution >= 4 is 5.69 Å². The Labute approximate surface area is 142 Å². The van der Waals surface area contributed by atoms with Gasteiger partial charge in [-0.2, -0.15) is 0 Å². The normalized spacial score (nSPS) is 16.1. The Morgan fingerprint density at radius 3 is 2.58 bits per heavy atom. The first-order chi connectivity index (χ1) is 11.7. The molecule has 7 heteroatoms. The van der Waals surface area contributed by atoms with Gasteiger partial charge in [0.1, 0.15) is 11.6 Å². The summed E-state index contributed by atoms with van der Waals surface area (Å²) < 4.78 is 2.13. The third-order valence-electron chi connectivity index (χ3n) is 4.78. The van der Waals surface area contributed by atoms with Gasteiger partial charge in [0.15, 0.2) is 0 Å². The zero-order valence-electron chi connectivity index (χ0n) is 14.5. The van der Waals surface area contributed by atoms with Gasteiger partial charge < -0.3 is 14.6 Å². The Morgan fingerprint density at radius 2 is 1.92 bits per heavy atom. The van der Waals surface area contributed by atoms with E-state index in [2.05, 4.69) is 41.7 Å². The summed E-state index contributed by atoms with van der Waals surface area (Å²) in [6.07, 6.45) is 5.86. The van der Waals surface area contributed by atoms with Gasteiger partial charge in [-0.1, -0.05) is 0 Å². The number of pyridine rings is 1. The van der Waals surface area contributed by atoms with Crippen LogP contribution >= 0.6 is 0 Å². The van der Waals surface area contributed by atoms with Crippen LogP contribution in [0.4, 0.5) is 5.69 Å². The maximum absolute atomic E-state index is 9.02. The molecule has 0 radical (unpaired) electrons. The second-order valence-corrected chi connectivity index (χ2v) is 6.46. The fourth-order valence-electron chi connectivity index (χ4n) is 3.31. The summed E-state index contributed by atoms with van der Waals surface area (Å²) in [5.74, 6) is 2.49. The number of rotatable bonds is 6. The molecule has 1 N–H and O–H groups in total. The van der Waals surface area contributed by atoms with Gasteiger partial charge in [-0.05, 0) is 32.0 Å². The first-order valence-corrected chi connectivity index (χ1v) is 8.51. The summed E-state index contributed by atoms with van der Waals surface area (Å²) in [4.78, 5) is 8.55. The second-order valence-electron chi connectivity index (χ2n) is 6.46. The van der Waals surface area contributed by atoms with Gasteiger partial charge in [-0.15, -0.1) is 10.2 Å². The fraction of sp³-hybridized carbons (Fsp3) is 0.588. The molecule has 1 aliphatic rings. The number of aliphatic hydroxyl groups is 1. The Balaban J connectivity index is 1.61. The number of aromatic nitrogens is 4. The highest BCUT2D eigenvalue weighted by Crippen LogP contribution is 2.29. The van der Waals surface area contributed by atoms with Gasteiger partial charge in [0, 0.05) is 50.7 Å². The van der Waals surface area contributed by atoms with Crippen LogP contribution in [0.1, 0.15) is 30.4 Å². The Bertz CT molecular complexity index is 636. The topological polar surface area (TPSA) is 70.3 Å². The lowest BCUT2D eigenvalue weighted by Gasteiger charge is -2.33. The van der Waals surface area contributed by atoms with Crippen molar-refractivity contribution < 1.29 is 5.11 Å². The Morgan fingerprint density at radius 1 is 1.21 bits per heavy atom. The summed E-state index contributed by atoms with van der Waals surface area (Å²) >= 11 is 0. The number of anilines is 1. The van der Waals surface area contributed by atoms with E-state index in [1.54, 1.807) is 0 Å². The minimum Gasteiger partial charge on any atom is -0.395 e. The molecule has 7 nitrogen and oxygen atoms in total. The van der Waals surface area contributed by atoms with Gasteiger partial charge >= 0.3 is 0 Å². The van der Waals surface area contributed by atoms with Crippen LogP contribution in [0.5, 0.6) is 0 Å². The average Bonchev–Trinajstić information content (AvgIpc) is 2.97. The lowest BCUT2D eigenvalue weighted by molar-refractivity contribution is 0.213. The van der Waals surface area contributed by atoms with Crippen LogP contribution in [0.15, 0.2) is 24.5 Å². The highest BCUT2D eigenvalue weighted by Gasteiger charge is 2.25. The summed E-state index contributed by atoms with van der Waals surface area (Å²) in [5.41, 5.74) is 1.24. The zero-order chi connectivity index (χ0) is 16.9. The first-order valence-electron chi connectivity index (χ1n) is 8.51. The van der Waals surface area contributed by atoms with E-state index in [1.165, 1.54) is 5.69 Å². The van der Waals surface area contributed by atoms with Crippen molar-refractivity contribution in [2.45, 2.75) is 25.3 Å². The smallest absolute Gasteiger partial charge is 0.146 e. The predicted octanol–water partition coefficient (Wildman–Crippen LogP) is 1.02. The van der Waals surface area contributed by atoms with Crippen molar-refractivity contribution in [3.8, 4) is 0 Å². The van der Waals surface area contributed by atoms with E-state index in [9.17, 15) is 0 Å². The molecular formula is C17H26N6O. The molecule has 3 heterocycles. The number of aliphatic hydroxyl groups excluding tert-OH is 1. The molecule has 0 spiro atoms. The molecule has 0 aromatic carbocycles. The summed E-state index contributed by atoms with van der Waals surface area (Å²) in [6, 6.07) is 4.13. The van der Waals surface area contributed by atoms with E-state index in [1.807, 2.05) is 26.5 Å². The minimum atomic E-state index is 0.161. The van der Waals surface area contributed by atoms with Gasteiger partial charge in [-0.3, -0.25) is 9.88 Å². The van der Waals surface area contributed by atoms with E-state index >= 15 is 0 Å². The molecule has 130 valence electrons. The molecule has 2 aromatic rings. The average molecular weight is 330 g/mol. The van der Waals surface area contributed by atoms with Crippen LogP contribution in [0, 0.1) is 0 Å². The van der Waals surface area contributed by atoms with E-state index in [0.29, 0.717) is 19.0 Å². The molecule has 2 aromatic heterocycles. The Hall–Kier alpha value is -1.99. The molecule has 0 aliphatic carbocycles. The SMILES string of the molecule is CN(CCO)Cc1nnc(C2CCN(c3ccncc3)CC2)n1C. The molecule has 0 bridgehead atoms. The van der Waals surface area contributed by atoms with Gasteiger partial charge in [0.25, 0.3) is 0 Å². The molecule has 0 unspecified atom stereocenters. The number of hydrogen-bond donors (Lipinski definition) is 1. The van der Waals surface area contributed by atoms with Crippen molar-refractivity contribution in [3.05, 3.63) is 36.2 Å². The van der Waals surface area contributed by atoms with Crippen LogP contribution < -0.4 is 4.90 Å². The molecule has 0 saturated carbocycles. The van der Waals surface area contributed by atoms with E-state index in [4.69, 9.17) is 5.11 Å². The zero-order valence-corrected chi connectivity index (χ0v) is 14.5. The Kier molecular flexibility index (Phi) is 5.42. The lowest BCUT2D eigenvalue weighted by atomic mass is 9.95. The number of likely N-dealkylation sites (N-methyl/N-ethyl adjacent to an activating group) is 1. The van der Waals surface area contributed by atoms with Gasteiger partial charge in [-0.25, -0.2) is 0 Å². The standard InChI is InChI=1S/C17H26N6O/c1-21(11-12-24)13-16-19-20-17(22(16)2)14-5-9-23(10-6-14)15-3-7-18-8-4-15/h3-4,7-8,14,24H,5-6,9-13H2,1-2H3. The van der Waals surface area contributed by atoms with Crippen LogP contribution in [0.25, 0.3) is 0 Å². The monoisotopic (exact) mass is 330 g/mol. The minimum absolute atomic E-state index is 0.161. The lowest BCUT2D eigenvalue weighted by Crippen LogP contribution is -2.33. The number of piperidine rings is 1. The summed E-state index contributed by atoms with van der Waals surface area (Å²) in [7, 11) is 4.03. The number of nitrogens with zero attached hydrogens (tertiary/aromatic N) is 6. The van der Waals surface area contributed by atoms with Crippen molar-refractivity contribution in [3.63, 3.8) is 0 Å². The summed E-state index contributed by atoms with van der Waals surface area (Å²) in [5, 5.41) is 17.8. The van der Waals surface area contributed by atoms with E-state index in [0.717, 1.165) is 37.6 Å². The maximum atomic E-state index is 9.02. The highest BCUT2D eigenvalue weighted by atomic mass is 16.3. The van der Waals surface area contributed by atoms with Crippen LogP contribution in [-0.4, -0.2) is 63.0 Å². The quantitative estimate of drug-likeness (QED) is 0.853. The van der Waals surface area contributed by atoms with E-state index < -0.39 is 0 Å². The van der Waals surface area contributed by atoms with Crippen molar-refractivity contribution in [2.75, 3.05) is 38.2 Å². The molecule has 0 amide bonds. The molecule has 0 atom stereocenters. The van der Waals surface area contributed by atoms with Crippen LogP contribution in [-0.2, 0) is 13.6 Å². The maximum Gasteiger partial charge on any atom is 0.146 e. The fourth-order valence-corrected chi connectivity index (χ4v) is 3.31. The largest absolute Gasteiger partial charge is 0.395 e.